The van der Waals surface area contributed by atoms with Crippen molar-refractivity contribution < 1.29 is 9.53 Å². The molecule has 2 atom stereocenters. The standard InChI is InChI=1S/C20H32N2O2.ClH/c1-13(2)19-7-6-18(12-14(19)3)24-16(5)20(23)22-10-8-17(9-11-22)15(4)21;/h6-7,12-13,15-17H,8-11,21H2,1-5H3;1H. The van der Waals surface area contributed by atoms with Crippen LogP contribution in [0, 0.1) is 12.8 Å². The third-order valence-corrected chi connectivity index (χ3v) is 5.12. The summed E-state index contributed by atoms with van der Waals surface area (Å²) in [5, 5.41) is 0. The first kappa shape index (κ1) is 21.8. The molecule has 0 spiro atoms. The van der Waals surface area contributed by atoms with Crippen molar-refractivity contribution in [2.75, 3.05) is 13.1 Å². The SMILES string of the molecule is Cc1cc(OC(C)C(=O)N2CCC(C(C)N)CC2)ccc1C(C)C.Cl. The molecule has 2 N–H and O–H groups in total. The Labute approximate surface area is 158 Å². The van der Waals surface area contributed by atoms with Crippen LogP contribution in [-0.4, -0.2) is 36.0 Å². The number of hydrogen-bond donors (Lipinski definition) is 1. The highest BCUT2D eigenvalue weighted by molar-refractivity contribution is 5.85. The second-order valence-corrected chi connectivity index (χ2v) is 7.46. The minimum atomic E-state index is -0.457. The Hall–Kier alpha value is -1.26. The van der Waals surface area contributed by atoms with Crippen LogP contribution < -0.4 is 10.5 Å². The van der Waals surface area contributed by atoms with Crippen molar-refractivity contribution in [3.63, 3.8) is 0 Å². The summed E-state index contributed by atoms with van der Waals surface area (Å²) in [5.74, 6) is 1.85. The van der Waals surface area contributed by atoms with Crippen LogP contribution in [-0.2, 0) is 4.79 Å². The molecule has 1 amide bonds. The quantitative estimate of drug-likeness (QED) is 0.857. The minimum Gasteiger partial charge on any atom is -0.481 e. The Bertz CT molecular complexity index is 567. The number of carbonyl (C=O) groups is 1. The number of carbonyl (C=O) groups excluding carboxylic acids is 1. The lowest BCUT2D eigenvalue weighted by atomic mass is 9.91. The van der Waals surface area contributed by atoms with Gasteiger partial charge in [-0.15, -0.1) is 12.4 Å². The number of piperidine rings is 1. The summed E-state index contributed by atoms with van der Waals surface area (Å²) < 4.78 is 5.90. The molecule has 0 bridgehead atoms. The first-order valence-corrected chi connectivity index (χ1v) is 9.11. The van der Waals surface area contributed by atoms with Gasteiger partial charge in [0.15, 0.2) is 6.10 Å². The van der Waals surface area contributed by atoms with Crippen molar-refractivity contribution in [2.24, 2.45) is 11.7 Å². The van der Waals surface area contributed by atoms with Gasteiger partial charge in [0.2, 0.25) is 0 Å². The van der Waals surface area contributed by atoms with E-state index in [0.717, 1.165) is 31.7 Å². The van der Waals surface area contributed by atoms with E-state index in [4.69, 9.17) is 10.5 Å². The molecule has 2 unspecified atom stereocenters. The Balaban J connectivity index is 0.00000312. The Kier molecular flexibility index (Phi) is 8.23. The van der Waals surface area contributed by atoms with Crippen LogP contribution in [0.25, 0.3) is 0 Å². The molecule has 0 saturated carbocycles. The number of nitrogens with zero attached hydrogens (tertiary/aromatic N) is 1. The summed E-state index contributed by atoms with van der Waals surface area (Å²) in [7, 11) is 0. The van der Waals surface area contributed by atoms with Crippen LogP contribution in [0.15, 0.2) is 18.2 Å². The molecule has 1 aliphatic rings. The number of hydrogen-bond acceptors (Lipinski definition) is 3. The summed E-state index contributed by atoms with van der Waals surface area (Å²) in [6, 6.07) is 6.30. The first-order chi connectivity index (χ1) is 11.3. The normalized spacial score (nSPS) is 17.8. The van der Waals surface area contributed by atoms with Crippen molar-refractivity contribution in [1.82, 2.24) is 4.90 Å². The molecule has 1 heterocycles. The number of likely N-dealkylation sites (tertiary alicyclic amines) is 1. The molecule has 1 aromatic rings. The predicted octanol–water partition coefficient (Wildman–Crippen LogP) is 3.89. The van der Waals surface area contributed by atoms with E-state index in [9.17, 15) is 4.79 Å². The van der Waals surface area contributed by atoms with Crippen LogP contribution >= 0.6 is 12.4 Å². The lowest BCUT2D eigenvalue weighted by Gasteiger charge is -2.35. The molecule has 0 aromatic heterocycles. The van der Waals surface area contributed by atoms with Gasteiger partial charge < -0.3 is 15.4 Å². The molecule has 4 nitrogen and oxygen atoms in total. The van der Waals surface area contributed by atoms with Gasteiger partial charge in [0.05, 0.1) is 0 Å². The van der Waals surface area contributed by atoms with Gasteiger partial charge in [0.1, 0.15) is 5.75 Å². The summed E-state index contributed by atoms with van der Waals surface area (Å²) in [6.45, 7) is 11.9. The molecule has 1 aliphatic heterocycles. The van der Waals surface area contributed by atoms with E-state index < -0.39 is 6.10 Å². The average molecular weight is 369 g/mol. The van der Waals surface area contributed by atoms with Gasteiger partial charge in [-0.2, -0.15) is 0 Å². The molecule has 25 heavy (non-hydrogen) atoms. The van der Waals surface area contributed by atoms with E-state index in [1.807, 2.05) is 24.0 Å². The maximum absolute atomic E-state index is 12.6. The predicted molar refractivity (Wildman–Crippen MR) is 106 cm³/mol. The van der Waals surface area contributed by atoms with Crippen LogP contribution in [0.3, 0.4) is 0 Å². The molecule has 1 saturated heterocycles. The summed E-state index contributed by atoms with van der Waals surface area (Å²) in [6.07, 6.45) is 1.51. The smallest absolute Gasteiger partial charge is 0.263 e. The third-order valence-electron chi connectivity index (χ3n) is 5.12. The molecule has 0 aliphatic carbocycles. The van der Waals surface area contributed by atoms with Gasteiger partial charge >= 0.3 is 0 Å². The summed E-state index contributed by atoms with van der Waals surface area (Å²) in [4.78, 5) is 14.5. The topological polar surface area (TPSA) is 55.6 Å². The third kappa shape index (κ3) is 5.61. The zero-order chi connectivity index (χ0) is 17.9. The van der Waals surface area contributed by atoms with E-state index in [-0.39, 0.29) is 24.4 Å². The van der Waals surface area contributed by atoms with Gasteiger partial charge in [0, 0.05) is 19.1 Å². The maximum atomic E-state index is 12.6. The van der Waals surface area contributed by atoms with Gasteiger partial charge in [-0.1, -0.05) is 19.9 Å². The lowest BCUT2D eigenvalue weighted by molar-refractivity contribution is -0.139. The van der Waals surface area contributed by atoms with E-state index in [0.29, 0.717) is 11.8 Å². The van der Waals surface area contributed by atoms with Gasteiger partial charge in [-0.3, -0.25) is 4.79 Å². The molecule has 1 fully saturated rings. The lowest BCUT2D eigenvalue weighted by Crippen LogP contribution is -2.46. The number of amides is 1. The fourth-order valence-corrected chi connectivity index (χ4v) is 3.53. The molecular formula is C20H33ClN2O2. The summed E-state index contributed by atoms with van der Waals surface area (Å²) in [5.41, 5.74) is 8.50. The number of halogens is 1. The Morgan fingerprint density at radius 2 is 1.80 bits per heavy atom. The highest BCUT2D eigenvalue weighted by Crippen LogP contribution is 2.25. The van der Waals surface area contributed by atoms with Crippen molar-refractivity contribution in [3.8, 4) is 5.75 Å². The molecule has 142 valence electrons. The molecule has 2 rings (SSSR count). The van der Waals surface area contributed by atoms with Crippen molar-refractivity contribution >= 4 is 18.3 Å². The van der Waals surface area contributed by atoms with Crippen molar-refractivity contribution in [1.29, 1.82) is 0 Å². The van der Waals surface area contributed by atoms with E-state index in [1.54, 1.807) is 0 Å². The molecular weight excluding hydrogens is 336 g/mol. The van der Waals surface area contributed by atoms with Gasteiger partial charge in [-0.25, -0.2) is 0 Å². The van der Waals surface area contributed by atoms with Crippen LogP contribution in [0.2, 0.25) is 0 Å². The fraction of sp³-hybridized carbons (Fsp3) is 0.650. The number of nitrogens with two attached hydrogens (primary N) is 1. The van der Waals surface area contributed by atoms with Crippen LogP contribution in [0.4, 0.5) is 0 Å². The summed E-state index contributed by atoms with van der Waals surface area (Å²) >= 11 is 0. The Morgan fingerprint density at radius 3 is 2.28 bits per heavy atom. The van der Waals surface area contributed by atoms with E-state index in [2.05, 4.69) is 33.8 Å². The Morgan fingerprint density at radius 1 is 1.20 bits per heavy atom. The average Bonchev–Trinajstić information content (AvgIpc) is 2.53. The molecule has 5 heteroatoms. The number of ether oxygens (including phenoxy) is 1. The van der Waals surface area contributed by atoms with Crippen molar-refractivity contribution in [3.05, 3.63) is 29.3 Å². The fourth-order valence-electron chi connectivity index (χ4n) is 3.53. The largest absolute Gasteiger partial charge is 0.481 e. The van der Waals surface area contributed by atoms with Crippen LogP contribution in [0.1, 0.15) is 57.6 Å². The van der Waals surface area contributed by atoms with E-state index in [1.165, 1.54) is 11.1 Å². The second-order valence-electron chi connectivity index (χ2n) is 7.46. The maximum Gasteiger partial charge on any atom is 0.263 e. The van der Waals surface area contributed by atoms with Crippen LogP contribution in [0.5, 0.6) is 5.75 Å². The zero-order valence-corrected chi connectivity index (χ0v) is 16.9. The monoisotopic (exact) mass is 368 g/mol. The first-order valence-electron chi connectivity index (χ1n) is 9.11. The zero-order valence-electron chi connectivity index (χ0n) is 16.1. The van der Waals surface area contributed by atoms with Gasteiger partial charge in [-0.05, 0) is 68.7 Å². The number of benzene rings is 1. The van der Waals surface area contributed by atoms with Gasteiger partial charge in [0.25, 0.3) is 5.91 Å². The minimum absolute atomic E-state index is 0. The van der Waals surface area contributed by atoms with Crippen molar-refractivity contribution in [2.45, 2.75) is 65.5 Å². The highest BCUT2D eigenvalue weighted by atomic mass is 35.5. The van der Waals surface area contributed by atoms with E-state index >= 15 is 0 Å². The number of aryl methyl sites for hydroxylation is 1. The highest BCUT2D eigenvalue weighted by Gasteiger charge is 2.28. The molecule has 1 aromatic carbocycles. The second kappa shape index (κ2) is 9.44. The molecule has 0 radical (unpaired) electrons. The number of rotatable bonds is 5.